The average Bonchev–Trinajstić information content (AvgIpc) is 2.55. The highest BCUT2D eigenvalue weighted by Gasteiger charge is 2.61. The molecule has 1 aliphatic rings. The minimum Gasteiger partial charge on any atom is -0.425 e. The van der Waals surface area contributed by atoms with Gasteiger partial charge in [0.25, 0.3) is 5.79 Å². The van der Waals surface area contributed by atoms with E-state index in [1.807, 2.05) is 24.3 Å². The van der Waals surface area contributed by atoms with Crippen molar-refractivity contribution in [2.45, 2.75) is 51.0 Å². The Labute approximate surface area is 143 Å². The number of hydrogen-bond acceptors (Lipinski definition) is 6. The quantitative estimate of drug-likeness (QED) is 0.743. The molecule has 134 valence electrons. The maximum Gasteiger partial charge on any atom is 0.341 e. The van der Waals surface area contributed by atoms with Crippen molar-refractivity contribution in [3.05, 3.63) is 35.4 Å². The number of carbonyl (C=O) groups excluding carboxylic acids is 1. The fraction of sp³-hybridized carbons (Fsp3) is 0.611. The molecule has 0 N–H and O–H groups in total. The van der Waals surface area contributed by atoms with Crippen molar-refractivity contribution in [3.63, 3.8) is 0 Å². The highest BCUT2D eigenvalue weighted by atomic mass is 16.8. The largest absolute Gasteiger partial charge is 0.425 e. The molecule has 2 rings (SSSR count). The zero-order valence-corrected chi connectivity index (χ0v) is 15.2. The van der Waals surface area contributed by atoms with Crippen molar-refractivity contribution in [2.24, 2.45) is 0 Å². The minimum atomic E-state index is -1.32. The van der Waals surface area contributed by atoms with E-state index in [0.717, 1.165) is 11.1 Å². The highest BCUT2D eigenvalue weighted by molar-refractivity contribution is 5.80. The average molecular weight is 338 g/mol. The predicted molar refractivity (Wildman–Crippen MR) is 87.3 cm³/mol. The third-order valence-electron chi connectivity index (χ3n) is 4.62. The maximum absolute atomic E-state index is 12.6. The molecule has 1 aromatic rings. The fourth-order valence-electron chi connectivity index (χ4n) is 2.81. The smallest absolute Gasteiger partial charge is 0.341 e. The Kier molecular flexibility index (Phi) is 5.34. The first-order valence-corrected chi connectivity index (χ1v) is 7.82. The molecular weight excluding hydrogens is 312 g/mol. The molecule has 6 heteroatoms. The standard InChI is InChI=1S/C18H26O6/c1-16(11-13-7-9-14(10-8-13)12-20-4)15(19)23-17(2,21-5)18(3,22-6)24-16/h7-10H,11-12H2,1-6H3/t16?,17?,18-/m1/s1. The lowest BCUT2D eigenvalue weighted by molar-refractivity contribution is -0.420. The number of rotatable bonds is 6. The summed E-state index contributed by atoms with van der Waals surface area (Å²) in [6, 6.07) is 7.82. The van der Waals surface area contributed by atoms with Crippen LogP contribution in [0.2, 0.25) is 0 Å². The summed E-state index contributed by atoms with van der Waals surface area (Å²) < 4.78 is 27.5. The zero-order valence-electron chi connectivity index (χ0n) is 15.2. The maximum atomic E-state index is 12.6. The predicted octanol–water partition coefficient (Wildman–Crippen LogP) is 2.43. The third kappa shape index (κ3) is 3.32. The van der Waals surface area contributed by atoms with Gasteiger partial charge in [0.05, 0.1) is 6.61 Å². The van der Waals surface area contributed by atoms with Crippen LogP contribution in [0, 0.1) is 0 Å². The third-order valence-corrected chi connectivity index (χ3v) is 4.62. The summed E-state index contributed by atoms with van der Waals surface area (Å²) in [5.41, 5.74) is 0.840. The first-order chi connectivity index (χ1) is 11.2. The van der Waals surface area contributed by atoms with Gasteiger partial charge in [-0.3, -0.25) is 0 Å². The summed E-state index contributed by atoms with van der Waals surface area (Å²) >= 11 is 0. The van der Waals surface area contributed by atoms with E-state index < -0.39 is 23.1 Å². The van der Waals surface area contributed by atoms with E-state index in [0.29, 0.717) is 13.0 Å². The summed E-state index contributed by atoms with van der Waals surface area (Å²) in [4.78, 5) is 12.6. The van der Waals surface area contributed by atoms with Crippen LogP contribution in [0.1, 0.15) is 31.9 Å². The van der Waals surface area contributed by atoms with Crippen LogP contribution in [0.25, 0.3) is 0 Å². The molecule has 0 bridgehead atoms. The van der Waals surface area contributed by atoms with Crippen LogP contribution in [0.4, 0.5) is 0 Å². The summed E-state index contributed by atoms with van der Waals surface area (Å²) in [7, 11) is 4.60. The molecule has 1 fully saturated rings. The SMILES string of the molecule is COCc1ccc(CC2(C)O[C@@](C)(OC)C(C)(OC)OC2=O)cc1. The lowest BCUT2D eigenvalue weighted by Crippen LogP contribution is -2.68. The van der Waals surface area contributed by atoms with E-state index >= 15 is 0 Å². The molecule has 2 unspecified atom stereocenters. The lowest BCUT2D eigenvalue weighted by atomic mass is 9.92. The monoisotopic (exact) mass is 338 g/mol. The number of methoxy groups -OCH3 is 3. The molecule has 0 spiro atoms. The van der Waals surface area contributed by atoms with Gasteiger partial charge in [-0.2, -0.15) is 0 Å². The van der Waals surface area contributed by atoms with Crippen LogP contribution >= 0.6 is 0 Å². The molecule has 1 heterocycles. The second-order valence-electron chi connectivity index (χ2n) is 6.45. The van der Waals surface area contributed by atoms with Gasteiger partial charge in [-0.1, -0.05) is 24.3 Å². The van der Waals surface area contributed by atoms with Gasteiger partial charge in [-0.25, -0.2) is 4.79 Å². The fourth-order valence-corrected chi connectivity index (χ4v) is 2.81. The van der Waals surface area contributed by atoms with Crippen LogP contribution in [-0.4, -0.2) is 44.5 Å². The van der Waals surface area contributed by atoms with E-state index in [1.54, 1.807) is 27.9 Å². The summed E-state index contributed by atoms with van der Waals surface area (Å²) in [6.45, 7) is 5.56. The van der Waals surface area contributed by atoms with Crippen LogP contribution in [0.15, 0.2) is 24.3 Å². The second kappa shape index (κ2) is 6.80. The van der Waals surface area contributed by atoms with Crippen molar-refractivity contribution < 1.29 is 28.5 Å². The Morgan fingerprint density at radius 2 is 1.46 bits per heavy atom. The number of benzene rings is 1. The molecule has 0 radical (unpaired) electrons. The summed E-state index contributed by atoms with van der Waals surface area (Å²) in [5, 5.41) is 0. The van der Waals surface area contributed by atoms with Crippen molar-refractivity contribution >= 4 is 5.97 Å². The molecule has 6 nitrogen and oxygen atoms in total. The second-order valence-corrected chi connectivity index (χ2v) is 6.45. The first-order valence-electron chi connectivity index (χ1n) is 7.82. The number of esters is 1. The summed E-state index contributed by atoms with van der Waals surface area (Å²) in [6.07, 6.45) is 0.359. The van der Waals surface area contributed by atoms with Crippen molar-refractivity contribution in [2.75, 3.05) is 21.3 Å². The molecule has 3 atom stereocenters. The molecule has 1 aromatic carbocycles. The Morgan fingerprint density at radius 3 is 1.96 bits per heavy atom. The van der Waals surface area contributed by atoms with Gasteiger partial charge in [0.15, 0.2) is 5.60 Å². The topological polar surface area (TPSA) is 63.2 Å². The van der Waals surface area contributed by atoms with Gasteiger partial charge >= 0.3 is 5.97 Å². The molecule has 1 aliphatic heterocycles. The van der Waals surface area contributed by atoms with Gasteiger partial charge in [0.1, 0.15) is 0 Å². The number of carbonyl (C=O) groups is 1. The lowest BCUT2D eigenvalue weighted by Gasteiger charge is -2.51. The van der Waals surface area contributed by atoms with Crippen LogP contribution < -0.4 is 0 Å². The van der Waals surface area contributed by atoms with Gasteiger partial charge in [-0.05, 0) is 25.0 Å². The molecule has 1 saturated heterocycles. The van der Waals surface area contributed by atoms with Gasteiger partial charge in [0.2, 0.25) is 5.79 Å². The molecule has 0 aromatic heterocycles. The van der Waals surface area contributed by atoms with E-state index in [1.165, 1.54) is 14.2 Å². The number of ether oxygens (including phenoxy) is 5. The van der Waals surface area contributed by atoms with Crippen molar-refractivity contribution in [1.82, 2.24) is 0 Å². The minimum absolute atomic E-state index is 0.359. The number of hydrogen-bond donors (Lipinski definition) is 0. The molecule has 24 heavy (non-hydrogen) atoms. The molecule has 0 saturated carbocycles. The highest BCUT2D eigenvalue weighted by Crippen LogP contribution is 2.42. The van der Waals surface area contributed by atoms with E-state index in [2.05, 4.69) is 0 Å². The normalized spacial score (nSPS) is 33.3. The molecule has 0 aliphatic carbocycles. The zero-order chi connectivity index (χ0) is 18.0. The van der Waals surface area contributed by atoms with Crippen LogP contribution in [0.5, 0.6) is 0 Å². The Morgan fingerprint density at radius 1 is 0.917 bits per heavy atom. The first kappa shape index (κ1) is 18.9. The van der Waals surface area contributed by atoms with Gasteiger partial charge in [-0.15, -0.1) is 0 Å². The molecule has 0 amide bonds. The van der Waals surface area contributed by atoms with Crippen LogP contribution in [0.3, 0.4) is 0 Å². The Balaban J connectivity index is 2.23. The number of cyclic esters (lactones) is 1. The van der Waals surface area contributed by atoms with E-state index in [-0.39, 0.29) is 0 Å². The van der Waals surface area contributed by atoms with Gasteiger partial charge < -0.3 is 23.7 Å². The van der Waals surface area contributed by atoms with Crippen molar-refractivity contribution in [3.8, 4) is 0 Å². The van der Waals surface area contributed by atoms with Crippen LogP contribution in [-0.2, 0) is 41.5 Å². The van der Waals surface area contributed by atoms with E-state index in [9.17, 15) is 4.79 Å². The summed E-state index contributed by atoms with van der Waals surface area (Å²) in [5.74, 6) is -3.02. The molecular formula is C18H26O6. The van der Waals surface area contributed by atoms with Crippen molar-refractivity contribution in [1.29, 1.82) is 0 Å². The Hall–Kier alpha value is -1.47. The van der Waals surface area contributed by atoms with E-state index in [4.69, 9.17) is 23.7 Å². The van der Waals surface area contributed by atoms with Gasteiger partial charge in [0, 0.05) is 34.7 Å². The Bertz CT molecular complexity index is 586.